The van der Waals surface area contributed by atoms with Gasteiger partial charge in [-0.2, -0.15) is 0 Å². The molecule has 4 heteroatoms. The second kappa shape index (κ2) is 5.43. The van der Waals surface area contributed by atoms with Crippen molar-refractivity contribution in [2.24, 2.45) is 0 Å². The minimum absolute atomic E-state index is 0.505. The van der Waals surface area contributed by atoms with Crippen LogP contribution >= 0.6 is 23.1 Å². The first kappa shape index (κ1) is 12.2. The van der Waals surface area contributed by atoms with Gasteiger partial charge in [0.05, 0.1) is 10.7 Å². The van der Waals surface area contributed by atoms with Crippen molar-refractivity contribution in [3.8, 4) is 0 Å². The van der Waals surface area contributed by atoms with E-state index in [-0.39, 0.29) is 0 Å². The number of hydrogen-bond donors (Lipinski definition) is 1. The Labute approximate surface area is 116 Å². The summed E-state index contributed by atoms with van der Waals surface area (Å²) in [5.74, 6) is 1.15. The van der Waals surface area contributed by atoms with Crippen LogP contribution in [0.25, 0.3) is 0 Å². The lowest BCUT2D eigenvalue weighted by Gasteiger charge is -2.12. The molecule has 1 atom stereocenters. The Morgan fingerprint density at radius 2 is 2.28 bits per heavy atom. The maximum atomic E-state index is 4.49. The average molecular weight is 276 g/mol. The summed E-state index contributed by atoms with van der Waals surface area (Å²) in [6.07, 6.45) is 1.02. The minimum Gasteiger partial charge on any atom is -0.309 e. The van der Waals surface area contributed by atoms with E-state index in [1.807, 2.05) is 11.8 Å². The predicted molar refractivity (Wildman–Crippen MR) is 78.5 cm³/mol. The number of nitrogens with zero attached hydrogens (tertiary/aromatic N) is 1. The van der Waals surface area contributed by atoms with E-state index in [1.54, 1.807) is 11.3 Å². The van der Waals surface area contributed by atoms with Crippen LogP contribution in [-0.2, 0) is 6.42 Å². The van der Waals surface area contributed by atoms with Gasteiger partial charge in [-0.15, -0.1) is 23.1 Å². The van der Waals surface area contributed by atoms with Gasteiger partial charge in [-0.05, 0) is 18.6 Å². The van der Waals surface area contributed by atoms with Crippen LogP contribution in [0.1, 0.15) is 22.3 Å². The molecule has 0 radical (unpaired) electrons. The van der Waals surface area contributed by atoms with Crippen molar-refractivity contribution in [3.63, 3.8) is 0 Å². The Morgan fingerprint density at radius 1 is 1.39 bits per heavy atom. The highest BCUT2D eigenvalue weighted by Crippen LogP contribution is 2.37. The Hall–Kier alpha value is -0.840. The molecular weight excluding hydrogens is 260 g/mol. The summed E-state index contributed by atoms with van der Waals surface area (Å²) in [5, 5.41) is 6.96. The predicted octanol–water partition coefficient (Wildman–Crippen LogP) is 3.43. The number of benzene rings is 1. The number of thioether (sulfide) groups is 1. The molecule has 3 rings (SSSR count). The molecule has 1 aromatic heterocycles. The molecule has 18 heavy (non-hydrogen) atoms. The lowest BCUT2D eigenvalue weighted by Crippen LogP contribution is -2.23. The number of nitrogens with one attached hydrogen (secondary N) is 1. The fourth-order valence-corrected chi connectivity index (χ4v) is 4.07. The first-order valence-electron chi connectivity index (χ1n) is 6.19. The molecule has 0 fully saturated rings. The third kappa shape index (κ3) is 2.60. The van der Waals surface area contributed by atoms with E-state index in [2.05, 4.69) is 46.9 Å². The van der Waals surface area contributed by atoms with E-state index in [4.69, 9.17) is 0 Å². The zero-order valence-corrected chi connectivity index (χ0v) is 12.0. The second-order valence-corrected chi connectivity index (χ2v) is 6.59. The van der Waals surface area contributed by atoms with E-state index in [0.717, 1.165) is 23.7 Å². The van der Waals surface area contributed by atoms with Crippen LogP contribution in [0.3, 0.4) is 0 Å². The van der Waals surface area contributed by atoms with E-state index in [9.17, 15) is 0 Å². The van der Waals surface area contributed by atoms with Gasteiger partial charge in [0, 0.05) is 35.0 Å². The number of rotatable bonds is 4. The number of aromatic nitrogens is 1. The zero-order valence-electron chi connectivity index (χ0n) is 10.3. The molecular formula is C14H16N2S2. The summed E-state index contributed by atoms with van der Waals surface area (Å²) in [7, 11) is 0. The molecule has 94 valence electrons. The Bertz CT molecular complexity index is 536. The van der Waals surface area contributed by atoms with Gasteiger partial charge in [-0.3, -0.25) is 0 Å². The van der Waals surface area contributed by atoms with Gasteiger partial charge >= 0.3 is 0 Å². The fourth-order valence-electron chi connectivity index (χ4n) is 2.23. The summed E-state index contributed by atoms with van der Waals surface area (Å²) in [4.78, 5) is 5.92. The van der Waals surface area contributed by atoms with Gasteiger partial charge in [-0.1, -0.05) is 18.2 Å². The first-order valence-corrected chi connectivity index (χ1v) is 8.05. The average Bonchev–Trinajstić information content (AvgIpc) is 2.97. The normalized spacial score (nSPS) is 17.9. The van der Waals surface area contributed by atoms with Gasteiger partial charge in [0.25, 0.3) is 0 Å². The van der Waals surface area contributed by atoms with E-state index in [1.165, 1.54) is 16.2 Å². The van der Waals surface area contributed by atoms with Crippen molar-refractivity contribution in [2.75, 3.05) is 12.3 Å². The number of fused-ring (bicyclic) bond motifs is 1. The lowest BCUT2D eigenvalue weighted by molar-refractivity contribution is 0.583. The largest absolute Gasteiger partial charge is 0.309 e. The number of aryl methyl sites for hydroxylation is 1. The maximum Gasteiger partial charge on any atom is 0.0897 e. The summed E-state index contributed by atoms with van der Waals surface area (Å²) in [6, 6.07) is 9.20. The van der Waals surface area contributed by atoms with Crippen LogP contribution in [-0.4, -0.2) is 17.3 Å². The highest BCUT2D eigenvalue weighted by Gasteiger charge is 2.21. The van der Waals surface area contributed by atoms with Crippen molar-refractivity contribution in [1.82, 2.24) is 10.3 Å². The van der Waals surface area contributed by atoms with Gasteiger partial charge < -0.3 is 5.32 Å². The highest BCUT2D eigenvalue weighted by molar-refractivity contribution is 7.99. The van der Waals surface area contributed by atoms with Crippen molar-refractivity contribution in [1.29, 1.82) is 0 Å². The molecule has 2 nitrogen and oxygen atoms in total. The Morgan fingerprint density at radius 3 is 3.11 bits per heavy atom. The van der Waals surface area contributed by atoms with Crippen LogP contribution in [0, 0.1) is 6.92 Å². The number of hydrogen-bond acceptors (Lipinski definition) is 4. The lowest BCUT2D eigenvalue weighted by atomic mass is 10.1. The fraction of sp³-hybridized carbons (Fsp3) is 0.357. The quantitative estimate of drug-likeness (QED) is 0.926. The minimum atomic E-state index is 0.505. The van der Waals surface area contributed by atoms with Gasteiger partial charge in [-0.25, -0.2) is 4.98 Å². The molecule has 2 aromatic rings. The van der Waals surface area contributed by atoms with Gasteiger partial charge in [0.15, 0.2) is 0 Å². The van der Waals surface area contributed by atoms with E-state index in [0.29, 0.717) is 6.04 Å². The van der Waals surface area contributed by atoms with Crippen LogP contribution in [0.2, 0.25) is 0 Å². The van der Waals surface area contributed by atoms with Crippen LogP contribution < -0.4 is 5.32 Å². The summed E-state index contributed by atoms with van der Waals surface area (Å²) in [5.41, 5.74) is 2.67. The highest BCUT2D eigenvalue weighted by atomic mass is 32.2. The van der Waals surface area contributed by atoms with Crippen LogP contribution in [0.15, 0.2) is 34.5 Å². The molecule has 1 aromatic carbocycles. The van der Waals surface area contributed by atoms with Crippen molar-refractivity contribution in [3.05, 3.63) is 45.9 Å². The Kier molecular flexibility index (Phi) is 3.68. The maximum absolute atomic E-state index is 4.49. The van der Waals surface area contributed by atoms with E-state index >= 15 is 0 Å². The first-order chi connectivity index (χ1) is 8.83. The standard InChI is InChI=1S/C14H16N2S2/c1-10-16-11(8-17-10)6-7-15-13-9-18-14-5-3-2-4-12(13)14/h2-5,8,13,15H,6-7,9H2,1H3. The van der Waals surface area contributed by atoms with Crippen molar-refractivity contribution in [2.45, 2.75) is 24.3 Å². The smallest absolute Gasteiger partial charge is 0.0897 e. The SMILES string of the molecule is Cc1nc(CCNC2CSc3ccccc32)cs1. The topological polar surface area (TPSA) is 24.9 Å². The van der Waals surface area contributed by atoms with Crippen molar-refractivity contribution >= 4 is 23.1 Å². The van der Waals surface area contributed by atoms with Crippen LogP contribution in [0.5, 0.6) is 0 Å². The summed E-state index contributed by atoms with van der Waals surface area (Å²) < 4.78 is 0. The molecule has 1 N–H and O–H groups in total. The molecule has 0 bridgehead atoms. The molecule has 1 aliphatic rings. The second-order valence-electron chi connectivity index (χ2n) is 4.46. The number of thiazole rings is 1. The summed E-state index contributed by atoms with van der Waals surface area (Å²) in [6.45, 7) is 3.06. The zero-order chi connectivity index (χ0) is 12.4. The molecule has 0 saturated heterocycles. The molecule has 0 aliphatic carbocycles. The monoisotopic (exact) mass is 276 g/mol. The molecule has 2 heterocycles. The van der Waals surface area contributed by atoms with E-state index < -0.39 is 0 Å². The summed E-state index contributed by atoms with van der Waals surface area (Å²) >= 11 is 3.68. The van der Waals surface area contributed by atoms with Crippen molar-refractivity contribution < 1.29 is 0 Å². The third-order valence-electron chi connectivity index (χ3n) is 3.14. The Balaban J connectivity index is 1.56. The van der Waals surface area contributed by atoms with Gasteiger partial charge in [0.2, 0.25) is 0 Å². The molecule has 0 spiro atoms. The van der Waals surface area contributed by atoms with Crippen LogP contribution in [0.4, 0.5) is 0 Å². The molecule has 0 saturated carbocycles. The molecule has 0 amide bonds. The molecule has 1 aliphatic heterocycles. The molecule has 1 unspecified atom stereocenters. The van der Waals surface area contributed by atoms with Gasteiger partial charge in [0.1, 0.15) is 0 Å². The third-order valence-corrected chi connectivity index (χ3v) is 5.14.